The van der Waals surface area contributed by atoms with Crippen molar-refractivity contribution >= 4 is 29.0 Å². The molecule has 1 amide bonds. The molecule has 0 bridgehead atoms. The van der Waals surface area contributed by atoms with Crippen LogP contribution in [0.1, 0.15) is 30.2 Å². The molecule has 0 saturated carbocycles. The Morgan fingerprint density at radius 2 is 2.31 bits per heavy atom. The van der Waals surface area contributed by atoms with Gasteiger partial charge in [0.2, 0.25) is 5.91 Å². The Bertz CT molecular complexity index is 794. The Morgan fingerprint density at radius 3 is 3.00 bits per heavy atom. The number of carbonyl (C=O) groups excluding carboxylic acids is 1. The zero-order valence-electron chi connectivity index (χ0n) is 15.7. The van der Waals surface area contributed by atoms with Crippen LogP contribution in [0.5, 0.6) is 0 Å². The summed E-state index contributed by atoms with van der Waals surface area (Å²) in [5, 5.41) is 9.56. The minimum absolute atomic E-state index is 0.0712. The molecule has 1 aliphatic rings. The number of thioether (sulfide) groups is 1. The molecule has 2 aromatic heterocycles. The van der Waals surface area contributed by atoms with Gasteiger partial charge in [-0.15, -0.1) is 28.1 Å². The zero-order chi connectivity index (χ0) is 18.7. The molecule has 1 unspecified atom stereocenters. The number of thiophene rings is 1. The molecule has 1 aliphatic carbocycles. The lowest BCUT2D eigenvalue weighted by Gasteiger charge is -2.19. The van der Waals surface area contributed by atoms with Crippen LogP contribution in [0, 0.1) is 5.92 Å². The summed E-state index contributed by atoms with van der Waals surface area (Å²) in [5.74, 6) is 2.12. The van der Waals surface area contributed by atoms with Gasteiger partial charge >= 0.3 is 0 Å². The molecule has 5 nitrogen and oxygen atoms in total. The Morgan fingerprint density at radius 1 is 1.50 bits per heavy atom. The normalized spacial score (nSPS) is 16.3. The highest BCUT2D eigenvalue weighted by atomic mass is 32.2. The second kappa shape index (κ2) is 8.39. The van der Waals surface area contributed by atoms with E-state index in [0.29, 0.717) is 12.3 Å². The molecule has 0 N–H and O–H groups in total. The molecule has 0 aliphatic heterocycles. The van der Waals surface area contributed by atoms with Gasteiger partial charge in [0.25, 0.3) is 0 Å². The largest absolute Gasteiger partial charge is 0.348 e. The van der Waals surface area contributed by atoms with Crippen molar-refractivity contribution in [2.75, 3.05) is 19.8 Å². The van der Waals surface area contributed by atoms with Gasteiger partial charge in [0.1, 0.15) is 0 Å². The summed E-state index contributed by atoms with van der Waals surface area (Å²) in [5.41, 5.74) is 1.48. The first-order chi connectivity index (χ1) is 12.5. The Kier molecular flexibility index (Phi) is 6.19. The van der Waals surface area contributed by atoms with Crippen molar-refractivity contribution in [3.8, 4) is 10.7 Å². The minimum atomic E-state index is 0.0712. The van der Waals surface area contributed by atoms with Crippen LogP contribution in [0.25, 0.3) is 10.7 Å². The summed E-state index contributed by atoms with van der Waals surface area (Å²) < 4.78 is 2.06. The third-order valence-electron chi connectivity index (χ3n) is 4.83. The number of aryl methyl sites for hydroxylation is 1. The zero-order valence-corrected chi connectivity index (χ0v) is 17.3. The van der Waals surface area contributed by atoms with Crippen LogP contribution in [0.4, 0.5) is 0 Å². The van der Waals surface area contributed by atoms with Gasteiger partial charge in [0.15, 0.2) is 11.0 Å². The number of rotatable bonds is 7. The lowest BCUT2D eigenvalue weighted by Crippen LogP contribution is -2.23. The predicted octanol–water partition coefficient (Wildman–Crippen LogP) is 3.89. The van der Waals surface area contributed by atoms with Gasteiger partial charge in [-0.25, -0.2) is 0 Å². The first-order valence-electron chi connectivity index (χ1n) is 9.02. The van der Waals surface area contributed by atoms with Crippen LogP contribution < -0.4 is 0 Å². The Labute approximate surface area is 163 Å². The van der Waals surface area contributed by atoms with Crippen LogP contribution in [0.2, 0.25) is 0 Å². The quantitative estimate of drug-likeness (QED) is 0.532. The molecule has 0 aromatic carbocycles. The van der Waals surface area contributed by atoms with E-state index in [1.807, 2.05) is 17.4 Å². The van der Waals surface area contributed by atoms with E-state index in [1.165, 1.54) is 52.8 Å². The second-order valence-corrected chi connectivity index (χ2v) is 8.94. The summed E-state index contributed by atoms with van der Waals surface area (Å²) in [7, 11) is 3.53. The maximum absolute atomic E-state index is 11.9. The molecule has 26 heavy (non-hydrogen) atoms. The SMILES string of the molecule is C=CCn1c(SCC(=O)N(C)C)nnc1-c1cc2c(s1)CCC(CC)C2. The monoisotopic (exact) mass is 390 g/mol. The smallest absolute Gasteiger partial charge is 0.232 e. The molecule has 0 fully saturated rings. The maximum atomic E-state index is 11.9. The fourth-order valence-corrected chi connectivity index (χ4v) is 5.31. The highest BCUT2D eigenvalue weighted by Crippen LogP contribution is 2.38. The molecule has 7 heteroatoms. The van der Waals surface area contributed by atoms with E-state index in [0.717, 1.165) is 16.9 Å². The number of aromatic nitrogens is 3. The summed E-state index contributed by atoms with van der Waals surface area (Å²) in [6.45, 7) is 6.78. The van der Waals surface area contributed by atoms with Gasteiger partial charge in [0.05, 0.1) is 10.6 Å². The maximum Gasteiger partial charge on any atom is 0.232 e. The van der Waals surface area contributed by atoms with Gasteiger partial charge < -0.3 is 4.90 Å². The van der Waals surface area contributed by atoms with Crippen LogP contribution in [-0.2, 0) is 24.2 Å². The van der Waals surface area contributed by atoms with E-state index < -0.39 is 0 Å². The fraction of sp³-hybridized carbons (Fsp3) is 0.526. The number of hydrogen-bond acceptors (Lipinski definition) is 5. The van der Waals surface area contributed by atoms with E-state index in [2.05, 4.69) is 34.3 Å². The summed E-state index contributed by atoms with van der Waals surface area (Å²) in [6, 6.07) is 2.30. The molecule has 2 aromatic rings. The highest BCUT2D eigenvalue weighted by molar-refractivity contribution is 7.99. The molecule has 0 saturated heterocycles. The lowest BCUT2D eigenvalue weighted by atomic mass is 9.87. The van der Waals surface area contributed by atoms with Crippen LogP contribution in [-0.4, -0.2) is 45.4 Å². The van der Waals surface area contributed by atoms with Gasteiger partial charge in [-0.2, -0.15) is 0 Å². The van der Waals surface area contributed by atoms with Crippen molar-refractivity contribution in [3.63, 3.8) is 0 Å². The van der Waals surface area contributed by atoms with E-state index in [-0.39, 0.29) is 5.91 Å². The number of nitrogens with zero attached hydrogens (tertiary/aromatic N) is 4. The minimum Gasteiger partial charge on any atom is -0.348 e. The molecule has 0 radical (unpaired) electrons. The van der Waals surface area contributed by atoms with Gasteiger partial charge in [-0.05, 0) is 36.8 Å². The summed E-state index contributed by atoms with van der Waals surface area (Å²) >= 11 is 3.27. The van der Waals surface area contributed by atoms with Crippen molar-refractivity contribution in [2.45, 2.75) is 44.3 Å². The summed E-state index contributed by atoms with van der Waals surface area (Å²) in [4.78, 5) is 16.1. The van der Waals surface area contributed by atoms with Crippen molar-refractivity contribution in [1.82, 2.24) is 19.7 Å². The average Bonchev–Trinajstić information content (AvgIpc) is 3.22. The molecule has 3 rings (SSSR count). The highest BCUT2D eigenvalue weighted by Gasteiger charge is 2.23. The molecule has 140 valence electrons. The van der Waals surface area contributed by atoms with Gasteiger partial charge in [-0.3, -0.25) is 9.36 Å². The third-order valence-corrected chi connectivity index (χ3v) is 7.02. The Hall–Kier alpha value is -1.60. The van der Waals surface area contributed by atoms with Crippen molar-refractivity contribution in [2.24, 2.45) is 5.92 Å². The van der Waals surface area contributed by atoms with Gasteiger partial charge in [0, 0.05) is 25.5 Å². The molecule has 2 heterocycles. The molecular weight excluding hydrogens is 364 g/mol. The summed E-state index contributed by atoms with van der Waals surface area (Å²) in [6.07, 6.45) is 6.74. The number of carbonyl (C=O) groups is 1. The standard InChI is InChI=1S/C19H26N4OS2/c1-5-9-23-18(20-21-19(23)25-12-17(24)22(3)4)16-11-14-10-13(6-2)7-8-15(14)26-16/h5,11,13H,1,6-10,12H2,2-4H3. The van der Waals surface area contributed by atoms with E-state index >= 15 is 0 Å². The van der Waals surface area contributed by atoms with Crippen molar-refractivity contribution < 1.29 is 4.79 Å². The molecular formula is C19H26N4OS2. The van der Waals surface area contributed by atoms with Crippen LogP contribution >= 0.6 is 23.1 Å². The molecule has 0 spiro atoms. The van der Waals surface area contributed by atoms with Gasteiger partial charge in [-0.1, -0.05) is 31.2 Å². The topological polar surface area (TPSA) is 51.0 Å². The van der Waals surface area contributed by atoms with Crippen molar-refractivity contribution in [1.29, 1.82) is 0 Å². The Balaban J connectivity index is 1.85. The van der Waals surface area contributed by atoms with E-state index in [9.17, 15) is 4.79 Å². The fourth-order valence-electron chi connectivity index (χ4n) is 3.18. The number of allylic oxidation sites excluding steroid dienone is 1. The average molecular weight is 391 g/mol. The number of amides is 1. The van der Waals surface area contributed by atoms with Crippen LogP contribution in [0.3, 0.4) is 0 Å². The third kappa shape index (κ3) is 4.04. The van der Waals surface area contributed by atoms with Crippen molar-refractivity contribution in [3.05, 3.63) is 29.2 Å². The second-order valence-electron chi connectivity index (χ2n) is 6.86. The first kappa shape index (κ1) is 19.2. The van der Waals surface area contributed by atoms with E-state index in [4.69, 9.17) is 0 Å². The van der Waals surface area contributed by atoms with E-state index in [1.54, 1.807) is 19.0 Å². The number of hydrogen-bond donors (Lipinski definition) is 0. The predicted molar refractivity (Wildman–Crippen MR) is 109 cm³/mol. The first-order valence-corrected chi connectivity index (χ1v) is 10.8. The molecule has 1 atom stereocenters. The lowest BCUT2D eigenvalue weighted by molar-refractivity contribution is -0.125. The number of fused-ring (bicyclic) bond motifs is 1. The van der Waals surface area contributed by atoms with Crippen LogP contribution in [0.15, 0.2) is 23.9 Å².